The van der Waals surface area contributed by atoms with Gasteiger partial charge in [0.2, 0.25) is 0 Å². The van der Waals surface area contributed by atoms with Crippen molar-refractivity contribution in [3.05, 3.63) is 0 Å². The molecule has 0 saturated carbocycles. The first kappa shape index (κ1) is 51.7. The molecule has 1 aliphatic heterocycles. The maximum absolute atomic E-state index is 10.9. The van der Waals surface area contributed by atoms with Gasteiger partial charge in [0.05, 0.1) is 18.3 Å². The largest absolute Gasteiger partial charge is 0.392 e. The fourth-order valence-electron chi connectivity index (χ4n) is 8.06. The van der Waals surface area contributed by atoms with E-state index in [4.69, 9.17) is 0 Å². The van der Waals surface area contributed by atoms with Gasteiger partial charge >= 0.3 is 0 Å². The summed E-state index contributed by atoms with van der Waals surface area (Å²) in [4.78, 5) is 7.31. The lowest BCUT2D eigenvalue weighted by Crippen LogP contribution is -2.50. The van der Waals surface area contributed by atoms with Gasteiger partial charge in [-0.2, -0.15) is 0 Å². The number of unbranched alkanes of at least 4 members (excludes halogenated alkanes) is 21. The number of nitrogens with zero attached hydrogens (tertiary/aromatic N) is 3. The third-order valence-electron chi connectivity index (χ3n) is 11.7. The van der Waals surface area contributed by atoms with E-state index in [1.165, 1.54) is 141 Å². The maximum Gasteiger partial charge on any atom is 0.0667 e. The average Bonchev–Trinajstić information content (AvgIpc) is 3.16. The molecular weight excluding hydrogens is 671 g/mol. The quantitative estimate of drug-likeness (QED) is 0.0394. The van der Waals surface area contributed by atoms with Crippen molar-refractivity contribution in [1.29, 1.82) is 0 Å². The van der Waals surface area contributed by atoms with Gasteiger partial charge in [0.15, 0.2) is 0 Å². The van der Waals surface area contributed by atoms with Gasteiger partial charge < -0.3 is 26.0 Å². The van der Waals surface area contributed by atoms with Gasteiger partial charge in [-0.15, -0.1) is 0 Å². The monoisotopic (exact) mass is 768 g/mol. The number of aliphatic hydroxyl groups excluding tert-OH is 3. The van der Waals surface area contributed by atoms with Crippen molar-refractivity contribution < 1.29 is 15.3 Å². The van der Waals surface area contributed by atoms with Crippen molar-refractivity contribution in [1.82, 2.24) is 25.3 Å². The fourth-order valence-corrected chi connectivity index (χ4v) is 8.06. The Labute approximate surface area is 337 Å². The van der Waals surface area contributed by atoms with Crippen LogP contribution in [0.5, 0.6) is 0 Å². The van der Waals surface area contributed by atoms with Crippen LogP contribution in [0.25, 0.3) is 0 Å². The first-order valence-electron chi connectivity index (χ1n) is 24.1. The molecule has 1 saturated heterocycles. The van der Waals surface area contributed by atoms with Gasteiger partial charge in [0.25, 0.3) is 0 Å². The summed E-state index contributed by atoms with van der Waals surface area (Å²) in [6, 6.07) is 0. The van der Waals surface area contributed by atoms with Crippen molar-refractivity contribution in [2.45, 2.75) is 212 Å². The van der Waals surface area contributed by atoms with Crippen LogP contribution >= 0.6 is 0 Å². The molecule has 0 aromatic heterocycles. The second-order valence-corrected chi connectivity index (χ2v) is 17.2. The first-order chi connectivity index (χ1) is 26.5. The van der Waals surface area contributed by atoms with Gasteiger partial charge in [0, 0.05) is 85.1 Å². The van der Waals surface area contributed by atoms with E-state index in [0.29, 0.717) is 13.1 Å². The minimum Gasteiger partial charge on any atom is -0.392 e. The average molecular weight is 768 g/mol. The zero-order valence-electron chi connectivity index (χ0n) is 36.7. The molecule has 0 radical (unpaired) electrons. The van der Waals surface area contributed by atoms with Crippen LogP contribution in [0.15, 0.2) is 0 Å². The van der Waals surface area contributed by atoms with Crippen molar-refractivity contribution >= 4 is 0 Å². The second kappa shape index (κ2) is 39.5. The number of piperazine rings is 1. The van der Waals surface area contributed by atoms with Crippen molar-refractivity contribution in [2.75, 3.05) is 85.1 Å². The highest BCUT2D eigenvalue weighted by Crippen LogP contribution is 2.15. The van der Waals surface area contributed by atoms with Crippen LogP contribution in [0.4, 0.5) is 0 Å². The molecule has 54 heavy (non-hydrogen) atoms. The summed E-state index contributed by atoms with van der Waals surface area (Å²) < 4.78 is 0. The summed E-state index contributed by atoms with van der Waals surface area (Å²) in [5.41, 5.74) is 0. The first-order valence-corrected chi connectivity index (χ1v) is 24.1. The fraction of sp³-hybridized carbons (Fsp3) is 1.00. The van der Waals surface area contributed by atoms with Crippen molar-refractivity contribution in [2.24, 2.45) is 0 Å². The lowest BCUT2D eigenvalue weighted by molar-refractivity contribution is 0.0610. The molecule has 0 spiro atoms. The van der Waals surface area contributed by atoms with E-state index < -0.39 is 0 Å². The van der Waals surface area contributed by atoms with Crippen molar-refractivity contribution in [3.8, 4) is 0 Å². The maximum atomic E-state index is 10.9. The second-order valence-electron chi connectivity index (χ2n) is 17.2. The zero-order chi connectivity index (χ0) is 39.2. The van der Waals surface area contributed by atoms with Crippen molar-refractivity contribution in [3.63, 3.8) is 0 Å². The van der Waals surface area contributed by atoms with Crippen LogP contribution < -0.4 is 10.6 Å². The van der Waals surface area contributed by atoms with E-state index in [2.05, 4.69) is 46.1 Å². The van der Waals surface area contributed by atoms with Crippen LogP contribution in [0.1, 0.15) is 194 Å². The highest BCUT2D eigenvalue weighted by atomic mass is 16.3. The summed E-state index contributed by atoms with van der Waals surface area (Å²) >= 11 is 0. The minimum absolute atomic E-state index is 0.174. The molecule has 8 heteroatoms. The molecule has 324 valence electrons. The number of aliphatic hydroxyl groups is 3. The molecule has 0 aromatic rings. The molecule has 8 nitrogen and oxygen atoms in total. The Balaban J connectivity index is 2.20. The van der Waals surface area contributed by atoms with Gasteiger partial charge in [0.1, 0.15) is 0 Å². The van der Waals surface area contributed by atoms with E-state index >= 15 is 0 Å². The molecule has 3 unspecified atom stereocenters. The topological polar surface area (TPSA) is 94.5 Å². The lowest BCUT2D eigenvalue weighted by atomic mass is 10.0. The molecule has 1 rings (SSSR count). The molecule has 3 atom stereocenters. The van der Waals surface area contributed by atoms with Gasteiger partial charge in [-0.1, -0.05) is 175 Å². The standard InChI is InChI=1S/C46H97N5O3/c1-4-7-10-13-16-19-22-25-28-44(52)41-50-39-37-49(38-40-50)35-33-47-31-32-48-34-36-51(42-45(53)29-26-23-20-17-14-11-8-5-2)43-46(54)30-27-24-21-18-15-12-9-6-3/h44-48,52-54H,4-43H2,1-3H3. The van der Waals surface area contributed by atoms with Gasteiger partial charge in [-0.05, 0) is 19.3 Å². The molecule has 1 heterocycles. The Morgan fingerprint density at radius 3 is 1.20 bits per heavy atom. The molecule has 1 fully saturated rings. The number of β-amino-alcohol motifs (C(OH)–C–C–N with tert-alkyl or cyclic N) is 1. The van der Waals surface area contributed by atoms with E-state index in [-0.39, 0.29) is 18.3 Å². The summed E-state index contributed by atoms with van der Waals surface area (Å²) in [6.45, 7) is 19.0. The summed E-state index contributed by atoms with van der Waals surface area (Å²) in [7, 11) is 0. The van der Waals surface area contributed by atoms with E-state index in [9.17, 15) is 15.3 Å². The van der Waals surface area contributed by atoms with Crippen LogP contribution in [-0.2, 0) is 0 Å². The Bertz CT molecular complexity index is 713. The van der Waals surface area contributed by atoms with Crippen LogP contribution in [0, 0.1) is 0 Å². The number of nitrogens with one attached hydrogen (secondary N) is 2. The number of rotatable bonds is 42. The van der Waals surface area contributed by atoms with E-state index in [0.717, 1.165) is 104 Å². The number of hydrogen-bond acceptors (Lipinski definition) is 8. The smallest absolute Gasteiger partial charge is 0.0667 e. The Morgan fingerprint density at radius 1 is 0.426 bits per heavy atom. The molecule has 0 aliphatic carbocycles. The third-order valence-corrected chi connectivity index (χ3v) is 11.7. The third kappa shape index (κ3) is 33.8. The molecule has 5 N–H and O–H groups in total. The predicted molar refractivity (Wildman–Crippen MR) is 235 cm³/mol. The van der Waals surface area contributed by atoms with Crippen LogP contribution in [0.2, 0.25) is 0 Å². The SMILES string of the molecule is CCCCCCCCCCC(O)CN1CCN(CCNCCNCCN(CC(O)CCCCCCCCCC)CC(O)CCCCCCCCCC)CC1. The van der Waals surface area contributed by atoms with Gasteiger partial charge in [-0.25, -0.2) is 0 Å². The van der Waals surface area contributed by atoms with Crippen LogP contribution in [0.3, 0.4) is 0 Å². The zero-order valence-corrected chi connectivity index (χ0v) is 36.7. The lowest BCUT2D eigenvalue weighted by Gasteiger charge is -2.35. The van der Waals surface area contributed by atoms with E-state index in [1.54, 1.807) is 0 Å². The van der Waals surface area contributed by atoms with Gasteiger partial charge in [-0.3, -0.25) is 14.7 Å². The predicted octanol–water partition coefficient (Wildman–Crippen LogP) is 8.76. The van der Waals surface area contributed by atoms with E-state index in [1.807, 2.05) is 0 Å². The summed E-state index contributed by atoms with van der Waals surface area (Å²) in [5.74, 6) is 0. The highest BCUT2D eigenvalue weighted by Gasteiger charge is 2.19. The molecule has 0 amide bonds. The Morgan fingerprint density at radius 2 is 0.778 bits per heavy atom. The Hall–Kier alpha value is -0.320. The number of hydrogen-bond donors (Lipinski definition) is 5. The normalized spacial score (nSPS) is 16.1. The minimum atomic E-state index is -0.311. The molecular formula is C46H97N5O3. The molecule has 1 aliphatic rings. The molecule has 0 bridgehead atoms. The Kier molecular flexibility index (Phi) is 37.8. The summed E-state index contributed by atoms with van der Waals surface area (Å²) in [6.07, 6.45) is 33.1. The highest BCUT2D eigenvalue weighted by molar-refractivity contribution is 4.75. The molecule has 0 aromatic carbocycles. The summed E-state index contributed by atoms with van der Waals surface area (Å²) in [5, 5.41) is 39.6. The van der Waals surface area contributed by atoms with Crippen LogP contribution in [-0.4, -0.2) is 133 Å².